The van der Waals surface area contributed by atoms with E-state index < -0.39 is 34.5 Å². The summed E-state index contributed by atoms with van der Waals surface area (Å²) in [6.45, 7) is 0.156. The quantitative estimate of drug-likeness (QED) is 0.865. The standard InChI is InChI=1S/C14H11ClF3N5O2/c15-10-2-1-8(4-9(10)14(16,17)18)21-11(24)3-7-5-23-13(19-6-20-23)22-12(7)25/h1-2,4,6-7H,3,5H2,(H,21,24)(H,19,20,22,25)/t7-/m0/s1. The molecule has 0 aliphatic carbocycles. The number of fused-ring (bicyclic) bond motifs is 1. The van der Waals surface area contributed by atoms with Crippen LogP contribution in [0.15, 0.2) is 24.5 Å². The van der Waals surface area contributed by atoms with Gasteiger partial charge in [-0.25, -0.2) is 4.68 Å². The second-order valence-electron chi connectivity index (χ2n) is 5.40. The minimum absolute atomic E-state index is 0.0561. The summed E-state index contributed by atoms with van der Waals surface area (Å²) >= 11 is 5.53. The number of nitrogens with one attached hydrogen (secondary N) is 2. The van der Waals surface area contributed by atoms with Gasteiger partial charge in [0.15, 0.2) is 0 Å². The molecule has 11 heteroatoms. The van der Waals surface area contributed by atoms with E-state index in [-0.39, 0.29) is 24.6 Å². The van der Waals surface area contributed by atoms with Crippen LogP contribution in [0.4, 0.5) is 24.8 Å². The third-order valence-corrected chi connectivity index (χ3v) is 3.93. The zero-order valence-electron chi connectivity index (χ0n) is 12.5. The molecule has 0 unspecified atom stereocenters. The Morgan fingerprint density at radius 3 is 2.92 bits per heavy atom. The highest BCUT2D eigenvalue weighted by molar-refractivity contribution is 6.31. The van der Waals surface area contributed by atoms with Crippen LogP contribution >= 0.6 is 11.6 Å². The van der Waals surface area contributed by atoms with Crippen molar-refractivity contribution in [2.45, 2.75) is 19.1 Å². The molecule has 0 saturated carbocycles. The van der Waals surface area contributed by atoms with Gasteiger partial charge in [0.25, 0.3) is 0 Å². The summed E-state index contributed by atoms with van der Waals surface area (Å²) in [5, 5.41) is 8.28. The lowest BCUT2D eigenvalue weighted by Gasteiger charge is -2.21. The van der Waals surface area contributed by atoms with Crippen LogP contribution in [0, 0.1) is 5.92 Å². The van der Waals surface area contributed by atoms with Gasteiger partial charge < -0.3 is 5.32 Å². The van der Waals surface area contributed by atoms with E-state index >= 15 is 0 Å². The fourth-order valence-electron chi connectivity index (χ4n) is 2.41. The number of hydrogen-bond donors (Lipinski definition) is 2. The van der Waals surface area contributed by atoms with Gasteiger partial charge in [0, 0.05) is 12.1 Å². The number of amides is 2. The van der Waals surface area contributed by atoms with Crippen LogP contribution < -0.4 is 10.6 Å². The van der Waals surface area contributed by atoms with Crippen LogP contribution in [0.25, 0.3) is 0 Å². The van der Waals surface area contributed by atoms with E-state index in [0.29, 0.717) is 0 Å². The van der Waals surface area contributed by atoms with Crippen molar-refractivity contribution in [3.8, 4) is 0 Å². The number of benzene rings is 1. The molecule has 7 nitrogen and oxygen atoms in total. The van der Waals surface area contributed by atoms with Crippen molar-refractivity contribution in [1.29, 1.82) is 0 Å². The lowest BCUT2D eigenvalue weighted by Crippen LogP contribution is -2.36. The molecule has 1 aromatic heterocycles. The van der Waals surface area contributed by atoms with Gasteiger partial charge in [-0.3, -0.25) is 14.9 Å². The topological polar surface area (TPSA) is 88.9 Å². The maximum Gasteiger partial charge on any atom is 0.417 e. The molecule has 0 spiro atoms. The van der Waals surface area contributed by atoms with Crippen LogP contribution in [-0.2, 0) is 22.3 Å². The monoisotopic (exact) mass is 373 g/mol. The molecular weight excluding hydrogens is 363 g/mol. The van der Waals surface area contributed by atoms with E-state index in [9.17, 15) is 22.8 Å². The van der Waals surface area contributed by atoms with Crippen molar-refractivity contribution >= 4 is 35.1 Å². The van der Waals surface area contributed by atoms with Gasteiger partial charge in [-0.15, -0.1) is 0 Å². The Hall–Kier alpha value is -2.62. The van der Waals surface area contributed by atoms with E-state index in [4.69, 9.17) is 11.6 Å². The van der Waals surface area contributed by atoms with Crippen LogP contribution in [0.1, 0.15) is 12.0 Å². The Morgan fingerprint density at radius 2 is 2.20 bits per heavy atom. The molecule has 1 aliphatic heterocycles. The second kappa shape index (κ2) is 6.36. The van der Waals surface area contributed by atoms with Gasteiger partial charge in [-0.05, 0) is 18.2 Å². The summed E-state index contributed by atoms with van der Waals surface area (Å²) in [6.07, 6.45) is -3.58. The Kier molecular flexibility index (Phi) is 4.38. The number of halogens is 4. The number of alkyl halides is 3. The molecule has 2 amide bonds. The molecule has 0 fully saturated rings. The summed E-state index contributed by atoms with van der Waals surface area (Å²) in [5.74, 6) is -1.42. The highest BCUT2D eigenvalue weighted by atomic mass is 35.5. The largest absolute Gasteiger partial charge is 0.417 e. The summed E-state index contributed by atoms with van der Waals surface area (Å²) in [7, 11) is 0. The summed E-state index contributed by atoms with van der Waals surface area (Å²) in [4.78, 5) is 27.8. The normalized spacial score (nSPS) is 17.0. The Labute approximate surface area is 144 Å². The van der Waals surface area contributed by atoms with Crippen LogP contribution in [0.5, 0.6) is 0 Å². The molecular formula is C14H11ClF3N5O2. The van der Waals surface area contributed by atoms with Gasteiger partial charge in [-0.1, -0.05) is 11.6 Å². The maximum atomic E-state index is 12.8. The van der Waals surface area contributed by atoms with Gasteiger partial charge in [0.1, 0.15) is 6.33 Å². The first-order chi connectivity index (χ1) is 11.7. The Balaban J connectivity index is 1.68. The van der Waals surface area contributed by atoms with Crippen LogP contribution in [0.3, 0.4) is 0 Å². The minimum Gasteiger partial charge on any atom is -0.326 e. The highest BCUT2D eigenvalue weighted by Crippen LogP contribution is 2.36. The number of rotatable bonds is 3. The Morgan fingerprint density at radius 1 is 1.44 bits per heavy atom. The molecule has 1 aliphatic rings. The first-order valence-electron chi connectivity index (χ1n) is 7.09. The zero-order chi connectivity index (χ0) is 18.2. The summed E-state index contributed by atoms with van der Waals surface area (Å²) < 4.78 is 39.9. The number of carbonyl (C=O) groups is 2. The first kappa shape index (κ1) is 17.2. The molecule has 2 N–H and O–H groups in total. The number of hydrogen-bond acceptors (Lipinski definition) is 4. The summed E-state index contributed by atoms with van der Waals surface area (Å²) in [6, 6.07) is 3.05. The molecule has 0 bridgehead atoms. The highest BCUT2D eigenvalue weighted by Gasteiger charge is 2.34. The fraction of sp³-hybridized carbons (Fsp3) is 0.286. The van der Waals surface area contributed by atoms with Crippen molar-refractivity contribution in [3.63, 3.8) is 0 Å². The van der Waals surface area contributed by atoms with Gasteiger partial charge in [0.2, 0.25) is 17.8 Å². The molecule has 2 aromatic rings. The maximum absolute atomic E-state index is 12.8. The predicted molar refractivity (Wildman–Crippen MR) is 81.8 cm³/mol. The van der Waals surface area contributed by atoms with E-state index in [1.807, 2.05) is 0 Å². The van der Waals surface area contributed by atoms with Crippen molar-refractivity contribution in [3.05, 3.63) is 35.1 Å². The number of carbonyl (C=O) groups excluding carboxylic acids is 2. The number of aromatic nitrogens is 3. The molecule has 3 rings (SSSR count). The minimum atomic E-state index is -4.63. The average Bonchev–Trinajstić information content (AvgIpc) is 2.95. The van der Waals surface area contributed by atoms with E-state index in [0.717, 1.165) is 12.1 Å². The van der Waals surface area contributed by atoms with Gasteiger partial charge >= 0.3 is 6.18 Å². The van der Waals surface area contributed by atoms with Gasteiger partial charge in [0.05, 0.1) is 23.0 Å². The van der Waals surface area contributed by atoms with E-state index in [1.54, 1.807) is 0 Å². The van der Waals surface area contributed by atoms with Crippen molar-refractivity contribution < 1.29 is 22.8 Å². The van der Waals surface area contributed by atoms with E-state index in [2.05, 4.69) is 20.7 Å². The zero-order valence-corrected chi connectivity index (χ0v) is 13.2. The predicted octanol–water partition coefficient (Wildman–Crippen LogP) is 2.55. The van der Waals surface area contributed by atoms with Gasteiger partial charge in [-0.2, -0.15) is 23.3 Å². The van der Waals surface area contributed by atoms with E-state index in [1.165, 1.54) is 17.1 Å². The smallest absolute Gasteiger partial charge is 0.326 e. The molecule has 1 aromatic carbocycles. The summed E-state index contributed by atoms with van der Waals surface area (Å²) in [5.41, 5.74) is -1.10. The molecule has 0 saturated heterocycles. The Bertz CT molecular complexity index is 836. The lowest BCUT2D eigenvalue weighted by molar-refractivity contribution is -0.137. The number of anilines is 2. The average molecular weight is 374 g/mol. The van der Waals surface area contributed by atoms with Crippen molar-refractivity contribution in [2.75, 3.05) is 10.6 Å². The molecule has 2 heterocycles. The first-order valence-corrected chi connectivity index (χ1v) is 7.47. The van der Waals surface area contributed by atoms with Crippen molar-refractivity contribution in [1.82, 2.24) is 14.8 Å². The molecule has 132 valence electrons. The second-order valence-corrected chi connectivity index (χ2v) is 5.80. The fourth-order valence-corrected chi connectivity index (χ4v) is 2.64. The third kappa shape index (κ3) is 3.73. The van der Waals surface area contributed by atoms with Crippen LogP contribution in [-0.4, -0.2) is 26.6 Å². The SMILES string of the molecule is O=C(C[C@H]1Cn2ncnc2NC1=O)Nc1ccc(Cl)c(C(F)(F)F)c1. The number of nitrogens with zero attached hydrogens (tertiary/aromatic N) is 3. The van der Waals surface area contributed by atoms with Crippen molar-refractivity contribution in [2.24, 2.45) is 5.92 Å². The molecule has 25 heavy (non-hydrogen) atoms. The van der Waals surface area contributed by atoms with Crippen LogP contribution in [0.2, 0.25) is 5.02 Å². The molecule has 1 atom stereocenters. The lowest BCUT2D eigenvalue weighted by atomic mass is 10.0. The molecule has 0 radical (unpaired) electrons. The third-order valence-electron chi connectivity index (χ3n) is 3.60.